The van der Waals surface area contributed by atoms with Crippen molar-refractivity contribution in [2.75, 3.05) is 23.8 Å². The fourth-order valence-electron chi connectivity index (χ4n) is 4.47. The van der Waals surface area contributed by atoms with E-state index in [4.69, 9.17) is 14.6 Å². The molecule has 34 heavy (non-hydrogen) atoms. The van der Waals surface area contributed by atoms with Crippen LogP contribution in [0.2, 0.25) is 0 Å². The molecule has 186 valence electrons. The van der Waals surface area contributed by atoms with Gasteiger partial charge < -0.3 is 19.5 Å². The van der Waals surface area contributed by atoms with Gasteiger partial charge in [0.2, 0.25) is 0 Å². The maximum atomic E-state index is 13.8. The van der Waals surface area contributed by atoms with Crippen molar-refractivity contribution in [1.29, 1.82) is 0 Å². The van der Waals surface area contributed by atoms with E-state index in [0.29, 0.717) is 18.0 Å². The number of anilines is 2. The first-order valence-corrected chi connectivity index (χ1v) is 13.5. The van der Waals surface area contributed by atoms with Crippen molar-refractivity contribution in [3.63, 3.8) is 0 Å². The molecule has 1 atom stereocenters. The summed E-state index contributed by atoms with van der Waals surface area (Å²) >= 11 is 0. The normalized spacial score (nSPS) is 19.4. The summed E-state index contributed by atoms with van der Waals surface area (Å²) in [5.74, 6) is -0.688. The van der Waals surface area contributed by atoms with Crippen LogP contribution in [-0.4, -0.2) is 44.5 Å². The van der Waals surface area contributed by atoms with Gasteiger partial charge in [-0.2, -0.15) is 0 Å². The van der Waals surface area contributed by atoms with E-state index in [1.54, 1.807) is 6.07 Å². The van der Waals surface area contributed by atoms with Crippen LogP contribution >= 0.6 is 0 Å². The summed E-state index contributed by atoms with van der Waals surface area (Å²) in [6, 6.07) is 12.9. The summed E-state index contributed by atoms with van der Waals surface area (Å²) in [5, 5.41) is 9.12. The predicted octanol–water partition coefficient (Wildman–Crippen LogP) is 5.45. The van der Waals surface area contributed by atoms with Gasteiger partial charge in [0, 0.05) is 29.8 Å². The van der Waals surface area contributed by atoms with Gasteiger partial charge >= 0.3 is 5.97 Å². The number of hydrogen-bond acceptors (Lipinski definition) is 6. The number of nitrogens with zero attached hydrogens (tertiary/aromatic N) is 1. The molecule has 0 fully saturated rings. The minimum absolute atomic E-state index is 0.0234. The third kappa shape index (κ3) is 5.84. The van der Waals surface area contributed by atoms with Crippen LogP contribution in [0.15, 0.2) is 47.4 Å². The van der Waals surface area contributed by atoms with Gasteiger partial charge in [-0.15, -0.1) is 0 Å². The quantitative estimate of drug-likeness (QED) is 0.474. The lowest BCUT2D eigenvalue weighted by molar-refractivity contribution is -0.139. The molecule has 0 aliphatic carbocycles. The Morgan fingerprint density at radius 1 is 1.15 bits per heavy atom. The maximum absolute atomic E-state index is 13.8. The third-order valence-corrected chi connectivity index (χ3v) is 8.22. The van der Waals surface area contributed by atoms with Crippen LogP contribution in [-0.2, 0) is 14.6 Å². The first-order chi connectivity index (χ1) is 16.1. The second-order valence-corrected chi connectivity index (χ2v) is 11.2. The molecule has 2 aromatic carbocycles. The predicted molar refractivity (Wildman–Crippen MR) is 133 cm³/mol. The molecular weight excluding hydrogens is 454 g/mol. The number of carbonyl (C=O) groups is 1. The van der Waals surface area contributed by atoms with Crippen LogP contribution in [0.4, 0.5) is 11.4 Å². The number of sulfone groups is 1. The van der Waals surface area contributed by atoms with Crippen LogP contribution in [0.5, 0.6) is 11.5 Å². The van der Waals surface area contributed by atoms with Crippen LogP contribution in [0.25, 0.3) is 0 Å². The summed E-state index contributed by atoms with van der Waals surface area (Å²) in [6.45, 7) is 7.83. The minimum atomic E-state index is -3.70. The lowest BCUT2D eigenvalue weighted by Crippen LogP contribution is -2.37. The van der Waals surface area contributed by atoms with Gasteiger partial charge in [0.05, 0.1) is 22.4 Å². The van der Waals surface area contributed by atoms with Crippen molar-refractivity contribution in [3.8, 4) is 11.5 Å². The van der Waals surface area contributed by atoms with E-state index in [1.807, 2.05) is 44.2 Å². The van der Waals surface area contributed by atoms with Gasteiger partial charge in [-0.3, -0.25) is 0 Å². The lowest BCUT2D eigenvalue weighted by Gasteiger charge is -2.36. The molecule has 1 heterocycles. The third-order valence-electron chi connectivity index (χ3n) is 6.23. The zero-order valence-electron chi connectivity index (χ0n) is 20.4. The van der Waals surface area contributed by atoms with Crippen molar-refractivity contribution in [3.05, 3.63) is 42.5 Å². The molecule has 0 saturated heterocycles. The fourth-order valence-corrected chi connectivity index (χ4v) is 6.64. The van der Waals surface area contributed by atoms with E-state index in [1.165, 1.54) is 6.07 Å². The molecule has 2 aromatic rings. The first kappa shape index (κ1) is 25.9. The highest BCUT2D eigenvalue weighted by atomic mass is 32.2. The zero-order valence-corrected chi connectivity index (χ0v) is 21.2. The van der Waals surface area contributed by atoms with Crippen LogP contribution in [0.1, 0.15) is 53.4 Å². The van der Waals surface area contributed by atoms with Gasteiger partial charge in [-0.25, -0.2) is 13.2 Å². The van der Waals surface area contributed by atoms with Gasteiger partial charge in [0.25, 0.3) is 0 Å². The minimum Gasteiger partial charge on any atom is -0.487 e. The zero-order chi connectivity index (χ0) is 24.9. The van der Waals surface area contributed by atoms with Crippen molar-refractivity contribution in [2.45, 2.75) is 64.4 Å². The highest BCUT2D eigenvalue weighted by molar-refractivity contribution is 7.91. The van der Waals surface area contributed by atoms with E-state index >= 15 is 0 Å². The van der Waals surface area contributed by atoms with Crippen LogP contribution in [0.3, 0.4) is 0 Å². The van der Waals surface area contributed by atoms with Crippen molar-refractivity contribution >= 4 is 27.2 Å². The monoisotopic (exact) mass is 489 g/mol. The summed E-state index contributed by atoms with van der Waals surface area (Å²) < 4.78 is 39.0. The van der Waals surface area contributed by atoms with E-state index in [9.17, 15) is 13.2 Å². The average Bonchev–Trinajstić information content (AvgIpc) is 2.88. The van der Waals surface area contributed by atoms with Crippen LogP contribution in [0, 0.1) is 5.41 Å². The summed E-state index contributed by atoms with van der Waals surface area (Å²) in [7, 11) is -3.70. The Hall–Kier alpha value is -2.74. The van der Waals surface area contributed by atoms with E-state index in [2.05, 4.69) is 18.7 Å². The molecule has 0 radical (unpaired) electrons. The number of ether oxygens (including phenoxy) is 2. The number of rotatable bonds is 10. The number of hydrogen-bond donors (Lipinski definition) is 1. The molecule has 0 spiro atoms. The first-order valence-electron chi connectivity index (χ1n) is 11.9. The highest BCUT2D eigenvalue weighted by Crippen LogP contribution is 2.47. The van der Waals surface area contributed by atoms with Crippen molar-refractivity contribution in [2.24, 2.45) is 5.41 Å². The molecule has 0 saturated carbocycles. The molecule has 3 rings (SSSR count). The Balaban J connectivity index is 2.26. The summed E-state index contributed by atoms with van der Waals surface area (Å²) in [5.41, 5.74) is 0.992. The Bertz CT molecular complexity index is 1100. The standard InChI is InChI=1S/C26H35NO6S/c1-5-7-13-26(6-2)17-27(20-11-9-8-10-12-20)21-14-23(33-19(3)4)22(32-16-25(28)29)15-24(21)34(30,31)18-26/h8-12,14-15,19H,5-7,13,16-18H2,1-4H3,(H,28,29). The molecular formula is C26H35NO6S. The maximum Gasteiger partial charge on any atom is 0.341 e. The number of fused-ring (bicyclic) bond motifs is 1. The van der Waals surface area contributed by atoms with E-state index in [0.717, 1.165) is 31.4 Å². The summed E-state index contributed by atoms with van der Waals surface area (Å²) in [4.78, 5) is 13.3. The number of para-hydroxylation sites is 1. The Labute approximate surface area is 202 Å². The lowest BCUT2D eigenvalue weighted by atomic mass is 9.81. The van der Waals surface area contributed by atoms with E-state index in [-0.39, 0.29) is 22.5 Å². The number of benzene rings is 2. The molecule has 0 aromatic heterocycles. The Kier molecular flexibility index (Phi) is 8.13. The molecule has 1 aliphatic rings. The largest absolute Gasteiger partial charge is 0.487 e. The number of carboxylic acid groups (broad SMARTS) is 1. The topological polar surface area (TPSA) is 93.1 Å². The number of carboxylic acids is 1. The second-order valence-electron chi connectivity index (χ2n) is 9.25. The number of unbranched alkanes of at least 4 members (excludes halogenated alkanes) is 1. The molecule has 7 nitrogen and oxygen atoms in total. The fraction of sp³-hybridized carbons (Fsp3) is 0.500. The number of aliphatic carboxylic acids is 1. The van der Waals surface area contributed by atoms with Gasteiger partial charge in [-0.1, -0.05) is 44.9 Å². The molecule has 8 heteroatoms. The van der Waals surface area contributed by atoms with Crippen molar-refractivity contribution < 1.29 is 27.8 Å². The summed E-state index contributed by atoms with van der Waals surface area (Å²) in [6.07, 6.45) is 3.24. The molecule has 1 N–H and O–H groups in total. The van der Waals surface area contributed by atoms with Gasteiger partial charge in [0.1, 0.15) is 0 Å². The molecule has 1 unspecified atom stereocenters. The van der Waals surface area contributed by atoms with Crippen LogP contribution < -0.4 is 14.4 Å². The SMILES string of the molecule is CCCCC1(CC)CN(c2ccccc2)c2cc(OC(C)C)c(OCC(=O)O)cc2S(=O)(=O)C1. The van der Waals surface area contributed by atoms with Gasteiger partial charge in [-0.05, 0) is 38.8 Å². The Morgan fingerprint density at radius 2 is 1.85 bits per heavy atom. The van der Waals surface area contributed by atoms with Gasteiger partial charge in [0.15, 0.2) is 27.9 Å². The highest BCUT2D eigenvalue weighted by Gasteiger charge is 2.42. The molecule has 0 bridgehead atoms. The molecule has 0 amide bonds. The smallest absolute Gasteiger partial charge is 0.341 e. The second kappa shape index (κ2) is 10.7. The van der Waals surface area contributed by atoms with Crippen molar-refractivity contribution in [1.82, 2.24) is 0 Å². The van der Waals surface area contributed by atoms with E-state index < -0.39 is 27.8 Å². The average molecular weight is 490 g/mol. The molecule has 1 aliphatic heterocycles. The Morgan fingerprint density at radius 3 is 2.44 bits per heavy atom.